The van der Waals surface area contributed by atoms with Gasteiger partial charge in [0.25, 0.3) is 0 Å². The van der Waals surface area contributed by atoms with Crippen molar-refractivity contribution in [3.63, 3.8) is 0 Å². The highest BCUT2D eigenvalue weighted by Crippen LogP contribution is 1.97. The lowest BCUT2D eigenvalue weighted by atomic mass is 10.4. The Balaban J connectivity index is 2.10. The summed E-state index contributed by atoms with van der Waals surface area (Å²) in [4.78, 5) is 15.0. The third-order valence-corrected chi connectivity index (χ3v) is 1.98. The second-order valence-corrected chi connectivity index (χ2v) is 3.38. The van der Waals surface area contributed by atoms with Gasteiger partial charge in [0.05, 0.1) is 0 Å². The molecule has 1 aliphatic heterocycles. The van der Waals surface area contributed by atoms with Gasteiger partial charge < -0.3 is 15.1 Å². The number of nitrogens with zero attached hydrogens (tertiary/aromatic N) is 2. The van der Waals surface area contributed by atoms with Crippen LogP contribution in [0.3, 0.4) is 0 Å². The van der Waals surface area contributed by atoms with E-state index in [4.69, 9.17) is 0 Å². The van der Waals surface area contributed by atoms with E-state index in [1.165, 1.54) is 0 Å². The monoisotopic (exact) mass is 171 g/mol. The molecule has 1 rings (SSSR count). The molecule has 0 saturated carbocycles. The Bertz CT molecular complexity index is 158. The second kappa shape index (κ2) is 4.30. The topological polar surface area (TPSA) is 35.6 Å². The zero-order chi connectivity index (χ0) is 8.97. The molecule has 4 nitrogen and oxygen atoms in total. The number of rotatable bonds is 4. The summed E-state index contributed by atoms with van der Waals surface area (Å²) in [6.07, 6.45) is 1.06. The molecule has 0 spiro atoms. The molecule has 12 heavy (non-hydrogen) atoms. The van der Waals surface area contributed by atoms with E-state index in [0.29, 0.717) is 0 Å². The van der Waals surface area contributed by atoms with Crippen molar-refractivity contribution < 1.29 is 4.79 Å². The summed E-state index contributed by atoms with van der Waals surface area (Å²) < 4.78 is 0. The van der Waals surface area contributed by atoms with Gasteiger partial charge in [-0.3, -0.25) is 0 Å². The molecule has 1 aliphatic rings. The summed E-state index contributed by atoms with van der Waals surface area (Å²) in [6.45, 7) is 3.60. The summed E-state index contributed by atoms with van der Waals surface area (Å²) >= 11 is 0. The second-order valence-electron chi connectivity index (χ2n) is 3.38. The summed E-state index contributed by atoms with van der Waals surface area (Å²) in [5, 5.41) is 2.78. The summed E-state index contributed by atoms with van der Waals surface area (Å²) in [7, 11) is 4.09. The van der Waals surface area contributed by atoms with E-state index >= 15 is 0 Å². The molecule has 0 radical (unpaired) electrons. The van der Waals surface area contributed by atoms with Crippen molar-refractivity contribution in [2.24, 2.45) is 0 Å². The number of nitrogens with one attached hydrogen (secondary N) is 1. The Morgan fingerprint density at radius 2 is 2.33 bits per heavy atom. The predicted octanol–water partition coefficient (Wildman–Crippen LogP) is -0.0367. The van der Waals surface area contributed by atoms with Crippen molar-refractivity contribution in [2.45, 2.75) is 6.42 Å². The molecule has 0 unspecified atom stereocenters. The fourth-order valence-electron chi connectivity index (χ4n) is 1.30. The Morgan fingerprint density at radius 1 is 1.58 bits per heavy atom. The third kappa shape index (κ3) is 2.70. The van der Waals surface area contributed by atoms with Gasteiger partial charge in [0.2, 0.25) is 0 Å². The first-order valence-electron chi connectivity index (χ1n) is 4.37. The maximum atomic E-state index is 11.1. The lowest BCUT2D eigenvalue weighted by Crippen LogP contribution is -2.30. The minimum Gasteiger partial charge on any atom is -0.336 e. The van der Waals surface area contributed by atoms with E-state index < -0.39 is 0 Å². The van der Waals surface area contributed by atoms with Gasteiger partial charge in [-0.1, -0.05) is 0 Å². The van der Waals surface area contributed by atoms with Crippen LogP contribution in [0.5, 0.6) is 0 Å². The molecule has 1 saturated heterocycles. The van der Waals surface area contributed by atoms with Gasteiger partial charge in [-0.2, -0.15) is 0 Å². The highest BCUT2D eigenvalue weighted by molar-refractivity contribution is 5.76. The SMILES string of the molecule is CN(C)CCCN1CCNC1=O. The standard InChI is InChI=1S/C8H17N3O/c1-10(2)5-3-6-11-7-4-9-8(11)12/h3-7H2,1-2H3,(H,9,12). The molecule has 0 aromatic heterocycles. The summed E-state index contributed by atoms with van der Waals surface area (Å²) in [6, 6.07) is 0.0914. The van der Waals surface area contributed by atoms with Crippen molar-refractivity contribution in [3.05, 3.63) is 0 Å². The van der Waals surface area contributed by atoms with Gasteiger partial charge in [0.1, 0.15) is 0 Å². The number of urea groups is 1. The van der Waals surface area contributed by atoms with Gasteiger partial charge >= 0.3 is 6.03 Å². The molecule has 2 amide bonds. The molecule has 0 aromatic carbocycles. The van der Waals surface area contributed by atoms with Crippen LogP contribution in [0.4, 0.5) is 4.79 Å². The van der Waals surface area contributed by atoms with Crippen molar-refractivity contribution >= 4 is 6.03 Å². The molecular formula is C8H17N3O. The number of carbonyl (C=O) groups is 1. The van der Waals surface area contributed by atoms with Crippen LogP contribution >= 0.6 is 0 Å². The largest absolute Gasteiger partial charge is 0.336 e. The van der Waals surface area contributed by atoms with Crippen LogP contribution in [-0.4, -0.2) is 56.1 Å². The molecule has 70 valence electrons. The Kier molecular flexibility index (Phi) is 3.34. The first-order chi connectivity index (χ1) is 5.70. The van der Waals surface area contributed by atoms with Crippen molar-refractivity contribution in [3.8, 4) is 0 Å². The first-order valence-corrected chi connectivity index (χ1v) is 4.37. The Hall–Kier alpha value is -0.770. The molecule has 1 fully saturated rings. The number of amides is 2. The molecule has 1 heterocycles. The molecule has 1 N–H and O–H groups in total. The highest BCUT2D eigenvalue weighted by Gasteiger charge is 2.17. The summed E-state index contributed by atoms with van der Waals surface area (Å²) in [5.74, 6) is 0. The van der Waals surface area contributed by atoms with Crippen molar-refractivity contribution in [1.82, 2.24) is 15.1 Å². The van der Waals surface area contributed by atoms with E-state index in [0.717, 1.165) is 32.6 Å². The maximum Gasteiger partial charge on any atom is 0.317 e. The zero-order valence-electron chi connectivity index (χ0n) is 7.84. The zero-order valence-corrected chi connectivity index (χ0v) is 7.84. The normalized spacial score (nSPS) is 17.2. The van der Waals surface area contributed by atoms with E-state index in [1.807, 2.05) is 19.0 Å². The Morgan fingerprint density at radius 3 is 2.83 bits per heavy atom. The van der Waals surface area contributed by atoms with Gasteiger partial charge in [0, 0.05) is 19.6 Å². The first kappa shape index (κ1) is 9.32. The molecule has 0 aromatic rings. The van der Waals surface area contributed by atoms with E-state index in [1.54, 1.807) is 0 Å². The highest BCUT2D eigenvalue weighted by atomic mass is 16.2. The lowest BCUT2D eigenvalue weighted by molar-refractivity contribution is 0.215. The number of hydrogen-bond donors (Lipinski definition) is 1. The van der Waals surface area contributed by atoms with Gasteiger partial charge in [-0.25, -0.2) is 4.79 Å². The van der Waals surface area contributed by atoms with E-state index in [2.05, 4.69) is 10.2 Å². The van der Waals surface area contributed by atoms with E-state index in [9.17, 15) is 4.79 Å². The quantitative estimate of drug-likeness (QED) is 0.644. The molecule has 4 heteroatoms. The van der Waals surface area contributed by atoms with Crippen LogP contribution in [0.2, 0.25) is 0 Å². The lowest BCUT2D eigenvalue weighted by Gasteiger charge is -2.15. The van der Waals surface area contributed by atoms with Crippen LogP contribution in [0.15, 0.2) is 0 Å². The van der Waals surface area contributed by atoms with Gasteiger partial charge in [-0.05, 0) is 27.1 Å². The number of hydrogen-bond acceptors (Lipinski definition) is 2. The average molecular weight is 171 g/mol. The minimum atomic E-state index is 0.0914. The van der Waals surface area contributed by atoms with E-state index in [-0.39, 0.29) is 6.03 Å². The van der Waals surface area contributed by atoms with Crippen LogP contribution in [-0.2, 0) is 0 Å². The predicted molar refractivity (Wildman–Crippen MR) is 48.1 cm³/mol. The van der Waals surface area contributed by atoms with Gasteiger partial charge in [0.15, 0.2) is 0 Å². The molecule has 0 atom stereocenters. The average Bonchev–Trinajstić information content (AvgIpc) is 2.36. The smallest absolute Gasteiger partial charge is 0.317 e. The number of carbonyl (C=O) groups excluding carboxylic acids is 1. The van der Waals surface area contributed by atoms with Gasteiger partial charge in [-0.15, -0.1) is 0 Å². The molecule has 0 bridgehead atoms. The summed E-state index contributed by atoms with van der Waals surface area (Å²) in [5.41, 5.74) is 0. The Labute approximate surface area is 73.5 Å². The van der Waals surface area contributed by atoms with Crippen LogP contribution < -0.4 is 5.32 Å². The minimum absolute atomic E-state index is 0.0914. The van der Waals surface area contributed by atoms with Crippen LogP contribution in [0.1, 0.15) is 6.42 Å². The van der Waals surface area contributed by atoms with Crippen molar-refractivity contribution in [1.29, 1.82) is 0 Å². The van der Waals surface area contributed by atoms with Crippen LogP contribution in [0.25, 0.3) is 0 Å². The maximum absolute atomic E-state index is 11.1. The molecule has 0 aliphatic carbocycles. The van der Waals surface area contributed by atoms with Crippen molar-refractivity contribution in [2.75, 3.05) is 40.3 Å². The fourth-order valence-corrected chi connectivity index (χ4v) is 1.30. The fraction of sp³-hybridized carbons (Fsp3) is 0.875. The van der Waals surface area contributed by atoms with Crippen LogP contribution in [0, 0.1) is 0 Å². The molecular weight excluding hydrogens is 154 g/mol. The third-order valence-electron chi connectivity index (χ3n) is 1.98.